The summed E-state index contributed by atoms with van der Waals surface area (Å²) in [4.78, 5) is 25.8. The number of para-hydroxylation sites is 1. The quantitative estimate of drug-likeness (QED) is 0.473. The van der Waals surface area contributed by atoms with E-state index in [-0.39, 0.29) is 19.1 Å². The van der Waals surface area contributed by atoms with Gasteiger partial charge in [-0.1, -0.05) is 59.6 Å². The molecule has 0 saturated heterocycles. The zero-order valence-electron chi connectivity index (χ0n) is 17.4. The SMILES string of the molecule is CN(CC(=O)Nc1c(Cl)cccc1Cl)C(=O)COc1ccc(OCc2ccccc2)cc1. The zero-order valence-corrected chi connectivity index (χ0v) is 18.9. The first-order valence-corrected chi connectivity index (χ1v) is 10.6. The summed E-state index contributed by atoms with van der Waals surface area (Å²) in [5.74, 6) is 0.441. The second kappa shape index (κ2) is 11.4. The van der Waals surface area contributed by atoms with Gasteiger partial charge in [-0.2, -0.15) is 0 Å². The van der Waals surface area contributed by atoms with Gasteiger partial charge in [0.2, 0.25) is 5.91 Å². The van der Waals surface area contributed by atoms with Crippen LogP contribution in [0.2, 0.25) is 10.0 Å². The fourth-order valence-electron chi connectivity index (χ4n) is 2.73. The maximum absolute atomic E-state index is 12.3. The van der Waals surface area contributed by atoms with Crippen molar-refractivity contribution in [1.82, 2.24) is 4.90 Å². The average Bonchev–Trinajstić information content (AvgIpc) is 2.80. The highest BCUT2D eigenvalue weighted by Crippen LogP contribution is 2.29. The lowest BCUT2D eigenvalue weighted by Gasteiger charge is -2.18. The van der Waals surface area contributed by atoms with Crippen LogP contribution in [0, 0.1) is 0 Å². The predicted octanol–water partition coefficient (Wildman–Crippen LogP) is 5.05. The molecule has 0 aliphatic heterocycles. The third kappa shape index (κ3) is 6.90. The number of likely N-dealkylation sites (N-methyl/N-ethyl adjacent to an activating group) is 1. The number of carbonyl (C=O) groups is 2. The summed E-state index contributed by atoms with van der Waals surface area (Å²) in [7, 11) is 1.51. The molecule has 0 aliphatic rings. The number of amides is 2. The number of anilines is 1. The molecule has 0 unspecified atom stereocenters. The molecule has 6 nitrogen and oxygen atoms in total. The number of rotatable bonds is 9. The first-order chi connectivity index (χ1) is 15.4. The fraction of sp³-hybridized carbons (Fsp3) is 0.167. The number of carbonyl (C=O) groups excluding carboxylic acids is 2. The second-order valence-electron chi connectivity index (χ2n) is 6.93. The number of hydrogen-bond donors (Lipinski definition) is 1. The molecule has 3 aromatic rings. The highest BCUT2D eigenvalue weighted by molar-refractivity contribution is 6.39. The van der Waals surface area contributed by atoms with E-state index < -0.39 is 5.91 Å². The molecule has 0 fully saturated rings. The largest absolute Gasteiger partial charge is 0.489 e. The molecule has 0 bridgehead atoms. The van der Waals surface area contributed by atoms with Gasteiger partial charge in [0.15, 0.2) is 6.61 Å². The van der Waals surface area contributed by atoms with Crippen molar-refractivity contribution in [2.24, 2.45) is 0 Å². The summed E-state index contributed by atoms with van der Waals surface area (Å²) in [6.07, 6.45) is 0. The number of nitrogens with zero attached hydrogens (tertiary/aromatic N) is 1. The van der Waals surface area contributed by atoms with E-state index in [1.54, 1.807) is 42.5 Å². The first kappa shape index (κ1) is 23.4. The molecule has 8 heteroatoms. The van der Waals surface area contributed by atoms with Gasteiger partial charge in [0.05, 0.1) is 22.3 Å². The zero-order chi connectivity index (χ0) is 22.9. The van der Waals surface area contributed by atoms with Crippen molar-refractivity contribution in [3.8, 4) is 11.5 Å². The van der Waals surface area contributed by atoms with Gasteiger partial charge in [0.25, 0.3) is 5.91 Å². The fourth-order valence-corrected chi connectivity index (χ4v) is 3.22. The van der Waals surface area contributed by atoms with Crippen LogP contribution in [0.25, 0.3) is 0 Å². The molecule has 1 N–H and O–H groups in total. The molecule has 32 heavy (non-hydrogen) atoms. The lowest BCUT2D eigenvalue weighted by atomic mass is 10.2. The van der Waals surface area contributed by atoms with E-state index >= 15 is 0 Å². The number of benzene rings is 3. The van der Waals surface area contributed by atoms with Crippen LogP contribution < -0.4 is 14.8 Å². The van der Waals surface area contributed by atoms with Crippen LogP contribution in [0.15, 0.2) is 72.8 Å². The van der Waals surface area contributed by atoms with Gasteiger partial charge < -0.3 is 19.7 Å². The molecular weight excluding hydrogens is 451 g/mol. The molecule has 0 saturated carbocycles. The third-order valence-electron chi connectivity index (χ3n) is 4.47. The Labute approximate surface area is 196 Å². The maximum Gasteiger partial charge on any atom is 0.260 e. The Hall–Kier alpha value is -3.22. The summed E-state index contributed by atoms with van der Waals surface area (Å²) in [5, 5.41) is 3.25. The summed E-state index contributed by atoms with van der Waals surface area (Å²) in [5.41, 5.74) is 1.38. The van der Waals surface area contributed by atoms with Crippen molar-refractivity contribution in [2.45, 2.75) is 6.61 Å². The predicted molar refractivity (Wildman–Crippen MR) is 125 cm³/mol. The van der Waals surface area contributed by atoms with Gasteiger partial charge in [-0.15, -0.1) is 0 Å². The van der Waals surface area contributed by atoms with E-state index in [1.165, 1.54) is 11.9 Å². The van der Waals surface area contributed by atoms with E-state index in [9.17, 15) is 9.59 Å². The summed E-state index contributed by atoms with van der Waals surface area (Å²) < 4.78 is 11.3. The number of halogens is 2. The molecule has 0 radical (unpaired) electrons. The maximum atomic E-state index is 12.3. The molecule has 3 aromatic carbocycles. The molecule has 0 aliphatic carbocycles. The van der Waals surface area contributed by atoms with Gasteiger partial charge in [0.1, 0.15) is 18.1 Å². The first-order valence-electron chi connectivity index (χ1n) is 9.80. The van der Waals surface area contributed by atoms with Gasteiger partial charge in [-0.05, 0) is 42.0 Å². The standard InChI is InChI=1S/C24H22Cl2N2O4/c1-28(14-22(29)27-24-20(25)8-5-9-21(24)26)23(30)16-32-19-12-10-18(11-13-19)31-15-17-6-3-2-4-7-17/h2-13H,14-16H2,1H3,(H,27,29). The summed E-state index contributed by atoms with van der Waals surface area (Å²) >= 11 is 12.1. The van der Waals surface area contributed by atoms with Crippen LogP contribution in [0.3, 0.4) is 0 Å². The van der Waals surface area contributed by atoms with Crippen molar-refractivity contribution in [2.75, 3.05) is 25.5 Å². The lowest BCUT2D eigenvalue weighted by Crippen LogP contribution is -2.37. The number of nitrogens with one attached hydrogen (secondary N) is 1. The third-order valence-corrected chi connectivity index (χ3v) is 5.10. The van der Waals surface area contributed by atoms with Crippen molar-refractivity contribution in [3.63, 3.8) is 0 Å². The van der Waals surface area contributed by atoms with Gasteiger partial charge >= 0.3 is 0 Å². The highest BCUT2D eigenvalue weighted by Gasteiger charge is 2.16. The normalized spacial score (nSPS) is 10.3. The molecule has 0 aromatic heterocycles. The van der Waals surface area contributed by atoms with Crippen LogP contribution >= 0.6 is 23.2 Å². The van der Waals surface area contributed by atoms with Crippen molar-refractivity contribution >= 4 is 40.7 Å². The summed E-state index contributed by atoms with van der Waals surface area (Å²) in [6.45, 7) is 0.0860. The highest BCUT2D eigenvalue weighted by atomic mass is 35.5. The molecular formula is C24H22Cl2N2O4. The van der Waals surface area contributed by atoms with Gasteiger partial charge in [-0.25, -0.2) is 0 Å². The van der Waals surface area contributed by atoms with E-state index in [2.05, 4.69) is 5.32 Å². The minimum atomic E-state index is -0.421. The molecule has 166 valence electrons. The molecule has 0 atom stereocenters. The Morgan fingerprint density at radius 2 is 1.44 bits per heavy atom. The topological polar surface area (TPSA) is 67.9 Å². The average molecular weight is 473 g/mol. The molecule has 3 rings (SSSR count). The monoisotopic (exact) mass is 472 g/mol. The molecule has 0 heterocycles. The van der Waals surface area contributed by atoms with E-state index in [0.29, 0.717) is 33.8 Å². The van der Waals surface area contributed by atoms with E-state index in [1.807, 2.05) is 30.3 Å². The smallest absolute Gasteiger partial charge is 0.260 e. The van der Waals surface area contributed by atoms with Crippen LogP contribution in [0.4, 0.5) is 5.69 Å². The lowest BCUT2D eigenvalue weighted by molar-refractivity contribution is -0.135. The Bertz CT molecular complexity index is 1040. The second-order valence-corrected chi connectivity index (χ2v) is 7.74. The van der Waals surface area contributed by atoms with Crippen LogP contribution in [-0.2, 0) is 16.2 Å². The van der Waals surface area contributed by atoms with Crippen molar-refractivity contribution in [1.29, 1.82) is 0 Å². The minimum Gasteiger partial charge on any atom is -0.489 e. The summed E-state index contributed by atoms with van der Waals surface area (Å²) in [6, 6.07) is 21.7. The Balaban J connectivity index is 1.43. The van der Waals surface area contributed by atoms with Crippen LogP contribution in [-0.4, -0.2) is 36.9 Å². The van der Waals surface area contributed by atoms with E-state index in [0.717, 1.165) is 5.56 Å². The number of hydrogen-bond acceptors (Lipinski definition) is 4. The molecule has 0 spiro atoms. The Morgan fingerprint density at radius 3 is 2.06 bits per heavy atom. The van der Waals surface area contributed by atoms with Crippen LogP contribution in [0.5, 0.6) is 11.5 Å². The van der Waals surface area contributed by atoms with Crippen molar-refractivity contribution in [3.05, 3.63) is 88.4 Å². The minimum absolute atomic E-state index is 0.171. The Kier molecular flexibility index (Phi) is 8.36. The van der Waals surface area contributed by atoms with Gasteiger partial charge in [-0.3, -0.25) is 9.59 Å². The van der Waals surface area contributed by atoms with E-state index in [4.69, 9.17) is 32.7 Å². The van der Waals surface area contributed by atoms with Crippen LogP contribution in [0.1, 0.15) is 5.56 Å². The van der Waals surface area contributed by atoms with Crippen molar-refractivity contribution < 1.29 is 19.1 Å². The van der Waals surface area contributed by atoms with Gasteiger partial charge in [0, 0.05) is 7.05 Å². The Morgan fingerprint density at radius 1 is 0.844 bits per heavy atom. The number of ether oxygens (including phenoxy) is 2. The molecule has 2 amide bonds.